The number of hydrogen-bond donors (Lipinski definition) is 2. The minimum atomic E-state index is -0.205. The van der Waals surface area contributed by atoms with Crippen molar-refractivity contribution in [3.05, 3.63) is 29.6 Å². The summed E-state index contributed by atoms with van der Waals surface area (Å²) in [6, 6.07) is 8.20. The van der Waals surface area contributed by atoms with Gasteiger partial charge in [0.15, 0.2) is 5.13 Å². The normalized spacial score (nSPS) is 12.2. The summed E-state index contributed by atoms with van der Waals surface area (Å²) < 4.78 is 0. The van der Waals surface area contributed by atoms with Crippen molar-refractivity contribution in [2.24, 2.45) is 11.7 Å². The number of nitrogens with zero attached hydrogens (tertiary/aromatic N) is 1. The van der Waals surface area contributed by atoms with Crippen molar-refractivity contribution in [2.75, 3.05) is 18.1 Å². The number of aromatic nitrogens is 1. The Morgan fingerprint density at radius 1 is 1.45 bits per heavy atom. The number of rotatable bonds is 5. The topological polar surface area (TPSA) is 68.0 Å². The van der Waals surface area contributed by atoms with Crippen LogP contribution in [0, 0.1) is 5.92 Å². The highest BCUT2D eigenvalue weighted by Crippen LogP contribution is 2.26. The molecule has 0 bridgehead atoms. The first kappa shape index (κ1) is 15.0. The van der Waals surface area contributed by atoms with E-state index in [-0.39, 0.29) is 11.8 Å². The lowest BCUT2D eigenvalue weighted by Gasteiger charge is -2.06. The van der Waals surface area contributed by atoms with Crippen LogP contribution >= 0.6 is 23.1 Å². The molecule has 0 aliphatic carbocycles. The summed E-state index contributed by atoms with van der Waals surface area (Å²) in [7, 11) is 0. The molecular formula is C14H17N3OS2. The van der Waals surface area contributed by atoms with Crippen LogP contribution in [0.15, 0.2) is 34.5 Å². The van der Waals surface area contributed by atoms with E-state index >= 15 is 0 Å². The molecule has 0 radical (unpaired) electrons. The monoisotopic (exact) mass is 307 g/mol. The van der Waals surface area contributed by atoms with Crippen LogP contribution in [0.5, 0.6) is 0 Å². The molecule has 2 rings (SSSR count). The minimum Gasteiger partial charge on any atom is -0.330 e. The molecule has 1 aromatic carbocycles. The van der Waals surface area contributed by atoms with Gasteiger partial charge in [-0.3, -0.25) is 4.79 Å². The quantitative estimate of drug-likeness (QED) is 0.833. The summed E-state index contributed by atoms with van der Waals surface area (Å²) in [5, 5.41) is 5.34. The third kappa shape index (κ3) is 3.59. The number of carbonyl (C=O) groups excluding carboxylic acids is 1. The van der Waals surface area contributed by atoms with Gasteiger partial charge in [-0.25, -0.2) is 4.98 Å². The van der Waals surface area contributed by atoms with Crippen LogP contribution in [0.25, 0.3) is 11.3 Å². The van der Waals surface area contributed by atoms with Crippen LogP contribution in [-0.2, 0) is 4.79 Å². The van der Waals surface area contributed by atoms with E-state index in [4.69, 9.17) is 5.73 Å². The number of anilines is 1. The van der Waals surface area contributed by atoms with Gasteiger partial charge >= 0.3 is 0 Å². The number of hydrogen-bond acceptors (Lipinski definition) is 5. The van der Waals surface area contributed by atoms with Crippen LogP contribution in [0.2, 0.25) is 0 Å². The fourth-order valence-corrected chi connectivity index (χ4v) is 2.69. The van der Waals surface area contributed by atoms with E-state index in [1.807, 2.05) is 23.8 Å². The molecule has 0 aliphatic heterocycles. The second kappa shape index (κ2) is 6.88. The van der Waals surface area contributed by atoms with Crippen molar-refractivity contribution in [3.63, 3.8) is 0 Å². The van der Waals surface area contributed by atoms with E-state index in [0.717, 1.165) is 11.3 Å². The summed E-state index contributed by atoms with van der Waals surface area (Å²) in [4.78, 5) is 17.4. The predicted molar refractivity (Wildman–Crippen MR) is 86.2 cm³/mol. The van der Waals surface area contributed by atoms with E-state index in [9.17, 15) is 4.79 Å². The molecule has 20 heavy (non-hydrogen) atoms. The Morgan fingerprint density at radius 3 is 2.75 bits per heavy atom. The first-order valence-corrected chi connectivity index (χ1v) is 8.35. The van der Waals surface area contributed by atoms with Crippen molar-refractivity contribution in [3.8, 4) is 11.3 Å². The number of carbonyl (C=O) groups is 1. The molecule has 6 heteroatoms. The fraction of sp³-hybridized carbons (Fsp3) is 0.286. The Bertz CT molecular complexity index is 580. The third-order valence-electron chi connectivity index (χ3n) is 2.92. The van der Waals surface area contributed by atoms with Gasteiger partial charge in [0, 0.05) is 28.3 Å². The lowest BCUT2D eigenvalue weighted by molar-refractivity contribution is -0.119. The van der Waals surface area contributed by atoms with Gasteiger partial charge in [0.1, 0.15) is 0 Å². The summed E-state index contributed by atoms with van der Waals surface area (Å²) in [6.45, 7) is 2.13. The molecule has 106 valence electrons. The van der Waals surface area contributed by atoms with Crippen LogP contribution in [0.3, 0.4) is 0 Å². The van der Waals surface area contributed by atoms with Gasteiger partial charge < -0.3 is 11.1 Å². The number of amides is 1. The Hall–Kier alpha value is -1.37. The Balaban J connectivity index is 2.10. The number of nitrogens with one attached hydrogen (secondary N) is 1. The van der Waals surface area contributed by atoms with Crippen LogP contribution < -0.4 is 11.1 Å². The summed E-state index contributed by atoms with van der Waals surface area (Å²) in [5.41, 5.74) is 7.39. The molecule has 0 fully saturated rings. The smallest absolute Gasteiger partial charge is 0.230 e. The third-order valence-corrected chi connectivity index (χ3v) is 4.42. The molecule has 2 aromatic rings. The SMILES string of the molecule is CSc1ccc(-c2csc(NC(=O)C(C)CN)n2)cc1. The molecule has 1 atom stereocenters. The summed E-state index contributed by atoms with van der Waals surface area (Å²) in [6.07, 6.45) is 2.05. The van der Waals surface area contributed by atoms with Gasteiger partial charge in [-0.15, -0.1) is 23.1 Å². The van der Waals surface area contributed by atoms with E-state index in [1.54, 1.807) is 18.7 Å². The second-order valence-electron chi connectivity index (χ2n) is 4.39. The Labute approximate surface area is 126 Å². The van der Waals surface area contributed by atoms with Gasteiger partial charge in [-0.05, 0) is 18.4 Å². The van der Waals surface area contributed by atoms with E-state index in [1.165, 1.54) is 16.2 Å². The van der Waals surface area contributed by atoms with E-state index in [0.29, 0.717) is 11.7 Å². The molecule has 0 saturated heterocycles. The molecule has 0 saturated carbocycles. The average Bonchev–Trinajstić information content (AvgIpc) is 2.94. The number of nitrogens with two attached hydrogens (primary N) is 1. The molecule has 0 aliphatic rings. The molecule has 1 heterocycles. The van der Waals surface area contributed by atoms with Crippen LogP contribution in [-0.4, -0.2) is 23.7 Å². The summed E-state index contributed by atoms with van der Waals surface area (Å²) in [5.74, 6) is -0.297. The van der Waals surface area contributed by atoms with Gasteiger partial charge in [-0.2, -0.15) is 0 Å². The molecule has 1 unspecified atom stereocenters. The fourth-order valence-electron chi connectivity index (χ4n) is 1.56. The average molecular weight is 307 g/mol. The first-order valence-electron chi connectivity index (χ1n) is 6.25. The van der Waals surface area contributed by atoms with Crippen molar-refractivity contribution in [1.29, 1.82) is 0 Å². The Morgan fingerprint density at radius 2 is 2.15 bits per heavy atom. The zero-order chi connectivity index (χ0) is 14.5. The highest BCUT2D eigenvalue weighted by Gasteiger charge is 2.13. The maximum Gasteiger partial charge on any atom is 0.230 e. The molecule has 4 nitrogen and oxygen atoms in total. The van der Waals surface area contributed by atoms with Gasteiger partial charge in [0.25, 0.3) is 0 Å². The van der Waals surface area contributed by atoms with E-state index in [2.05, 4.69) is 22.4 Å². The minimum absolute atomic E-state index is 0.0915. The standard InChI is InChI=1S/C14H17N3OS2/c1-9(7-15)13(18)17-14-16-12(8-20-14)10-3-5-11(19-2)6-4-10/h3-6,8-9H,7,15H2,1-2H3,(H,16,17,18). The Kier molecular flexibility index (Phi) is 5.17. The van der Waals surface area contributed by atoms with Crippen molar-refractivity contribution in [2.45, 2.75) is 11.8 Å². The summed E-state index contributed by atoms with van der Waals surface area (Å²) >= 11 is 3.13. The predicted octanol–water partition coefficient (Wildman–Crippen LogP) is 3.07. The van der Waals surface area contributed by atoms with Gasteiger partial charge in [0.2, 0.25) is 5.91 Å². The van der Waals surface area contributed by atoms with Crippen LogP contribution in [0.4, 0.5) is 5.13 Å². The van der Waals surface area contributed by atoms with Crippen molar-refractivity contribution >= 4 is 34.1 Å². The number of thioether (sulfide) groups is 1. The molecule has 0 spiro atoms. The zero-order valence-electron chi connectivity index (χ0n) is 11.4. The maximum absolute atomic E-state index is 11.7. The lowest BCUT2D eigenvalue weighted by atomic mass is 10.2. The van der Waals surface area contributed by atoms with Crippen molar-refractivity contribution in [1.82, 2.24) is 4.98 Å². The maximum atomic E-state index is 11.7. The number of benzene rings is 1. The van der Waals surface area contributed by atoms with Gasteiger partial charge in [0.05, 0.1) is 5.69 Å². The van der Waals surface area contributed by atoms with Crippen molar-refractivity contribution < 1.29 is 4.79 Å². The number of thiazole rings is 1. The second-order valence-corrected chi connectivity index (χ2v) is 6.13. The first-order chi connectivity index (χ1) is 9.63. The lowest BCUT2D eigenvalue weighted by Crippen LogP contribution is -2.26. The molecule has 1 amide bonds. The highest BCUT2D eigenvalue weighted by atomic mass is 32.2. The van der Waals surface area contributed by atoms with E-state index < -0.39 is 0 Å². The van der Waals surface area contributed by atoms with Gasteiger partial charge in [-0.1, -0.05) is 19.1 Å². The molecule has 1 aromatic heterocycles. The van der Waals surface area contributed by atoms with Crippen LogP contribution in [0.1, 0.15) is 6.92 Å². The highest BCUT2D eigenvalue weighted by molar-refractivity contribution is 7.98. The zero-order valence-corrected chi connectivity index (χ0v) is 13.1. The largest absolute Gasteiger partial charge is 0.330 e. The molecule has 3 N–H and O–H groups in total. The molecular weight excluding hydrogens is 290 g/mol.